The Balaban J connectivity index is 1.62. The standard InChI is InChI=1S/C17H26N2O/c1-14-7-10-18-16(13-14)17(20)8-11-19(12-9-17)15-5-3-2-4-6-15/h2-6,14,16,18,20H,7-13H2,1H3. The second-order valence-electron chi connectivity index (χ2n) is 6.56. The van der Waals surface area contributed by atoms with Crippen LogP contribution in [0.1, 0.15) is 32.6 Å². The summed E-state index contributed by atoms with van der Waals surface area (Å²) < 4.78 is 0. The normalized spacial score (nSPS) is 30.2. The zero-order valence-corrected chi connectivity index (χ0v) is 12.4. The van der Waals surface area contributed by atoms with E-state index in [2.05, 4.69) is 47.5 Å². The van der Waals surface area contributed by atoms with Crippen molar-refractivity contribution in [3.63, 3.8) is 0 Å². The number of nitrogens with one attached hydrogen (secondary N) is 1. The quantitative estimate of drug-likeness (QED) is 0.869. The fourth-order valence-corrected chi connectivity index (χ4v) is 3.66. The molecule has 3 heteroatoms. The zero-order chi connectivity index (χ0) is 14.0. The molecule has 0 spiro atoms. The Morgan fingerprint density at radius 2 is 1.90 bits per heavy atom. The van der Waals surface area contributed by atoms with Crippen molar-refractivity contribution >= 4 is 5.69 Å². The summed E-state index contributed by atoms with van der Waals surface area (Å²) >= 11 is 0. The monoisotopic (exact) mass is 274 g/mol. The van der Waals surface area contributed by atoms with E-state index in [4.69, 9.17) is 0 Å². The van der Waals surface area contributed by atoms with E-state index in [-0.39, 0.29) is 6.04 Å². The van der Waals surface area contributed by atoms with E-state index in [0.29, 0.717) is 0 Å². The molecule has 3 nitrogen and oxygen atoms in total. The van der Waals surface area contributed by atoms with Crippen molar-refractivity contribution in [3.8, 4) is 0 Å². The Hall–Kier alpha value is -1.06. The van der Waals surface area contributed by atoms with Crippen molar-refractivity contribution < 1.29 is 5.11 Å². The van der Waals surface area contributed by atoms with Crippen LogP contribution < -0.4 is 10.2 Å². The summed E-state index contributed by atoms with van der Waals surface area (Å²) in [4.78, 5) is 2.39. The molecule has 110 valence electrons. The molecule has 2 fully saturated rings. The average molecular weight is 274 g/mol. The lowest BCUT2D eigenvalue weighted by Gasteiger charge is -2.46. The first kappa shape index (κ1) is 13.9. The maximum atomic E-state index is 11.0. The van der Waals surface area contributed by atoms with Gasteiger partial charge in [-0.1, -0.05) is 25.1 Å². The average Bonchev–Trinajstić information content (AvgIpc) is 2.49. The number of aliphatic hydroxyl groups is 1. The van der Waals surface area contributed by atoms with Crippen molar-refractivity contribution in [1.82, 2.24) is 5.32 Å². The van der Waals surface area contributed by atoms with Crippen LogP contribution in [0.2, 0.25) is 0 Å². The summed E-state index contributed by atoms with van der Waals surface area (Å²) in [7, 11) is 0. The molecule has 2 unspecified atom stereocenters. The predicted octanol–water partition coefficient (Wildman–Crippen LogP) is 2.41. The number of hydrogen-bond acceptors (Lipinski definition) is 3. The van der Waals surface area contributed by atoms with Crippen LogP contribution >= 0.6 is 0 Å². The molecule has 0 saturated carbocycles. The number of benzene rings is 1. The number of piperidine rings is 2. The Bertz CT molecular complexity index is 426. The van der Waals surface area contributed by atoms with Crippen molar-refractivity contribution in [2.24, 2.45) is 5.92 Å². The fourth-order valence-electron chi connectivity index (χ4n) is 3.66. The van der Waals surface area contributed by atoms with Gasteiger partial charge in [-0.15, -0.1) is 0 Å². The topological polar surface area (TPSA) is 35.5 Å². The number of hydrogen-bond donors (Lipinski definition) is 2. The van der Waals surface area contributed by atoms with E-state index < -0.39 is 5.60 Å². The maximum Gasteiger partial charge on any atom is 0.0833 e. The Morgan fingerprint density at radius 3 is 2.55 bits per heavy atom. The molecule has 3 rings (SSSR count). The van der Waals surface area contributed by atoms with Gasteiger partial charge in [-0.05, 0) is 50.3 Å². The molecule has 2 aliphatic heterocycles. The van der Waals surface area contributed by atoms with E-state index >= 15 is 0 Å². The lowest BCUT2D eigenvalue weighted by Crippen LogP contribution is -2.58. The Labute approximate surface area is 122 Å². The summed E-state index contributed by atoms with van der Waals surface area (Å²) in [5.41, 5.74) is 0.763. The van der Waals surface area contributed by atoms with Crippen LogP contribution in [-0.4, -0.2) is 36.4 Å². The molecule has 0 amide bonds. The minimum absolute atomic E-state index is 0.282. The summed E-state index contributed by atoms with van der Waals surface area (Å²) in [5.74, 6) is 0.734. The van der Waals surface area contributed by atoms with Gasteiger partial charge in [-0.2, -0.15) is 0 Å². The van der Waals surface area contributed by atoms with Gasteiger partial charge in [-0.3, -0.25) is 0 Å². The summed E-state index contributed by atoms with van der Waals surface area (Å²) in [6, 6.07) is 10.8. The second-order valence-corrected chi connectivity index (χ2v) is 6.56. The molecule has 0 radical (unpaired) electrons. The molecule has 0 bridgehead atoms. The van der Waals surface area contributed by atoms with Gasteiger partial charge in [0.25, 0.3) is 0 Å². The highest BCUT2D eigenvalue weighted by atomic mass is 16.3. The number of anilines is 1. The largest absolute Gasteiger partial charge is 0.388 e. The SMILES string of the molecule is CC1CCNC(C2(O)CCN(c3ccccc3)CC2)C1. The van der Waals surface area contributed by atoms with E-state index in [1.807, 2.05) is 0 Å². The van der Waals surface area contributed by atoms with Gasteiger partial charge in [0.1, 0.15) is 0 Å². The van der Waals surface area contributed by atoms with Crippen LogP contribution in [0.15, 0.2) is 30.3 Å². The minimum atomic E-state index is -0.514. The van der Waals surface area contributed by atoms with Gasteiger partial charge in [0, 0.05) is 24.8 Å². The highest BCUT2D eigenvalue weighted by Gasteiger charge is 2.41. The molecule has 1 aromatic carbocycles. The molecule has 2 aliphatic rings. The van der Waals surface area contributed by atoms with E-state index in [1.54, 1.807) is 0 Å². The summed E-state index contributed by atoms with van der Waals surface area (Å²) in [6.07, 6.45) is 4.09. The summed E-state index contributed by atoms with van der Waals surface area (Å²) in [6.45, 7) is 5.26. The van der Waals surface area contributed by atoms with Crippen LogP contribution in [0, 0.1) is 5.92 Å². The number of nitrogens with zero attached hydrogens (tertiary/aromatic N) is 1. The lowest BCUT2D eigenvalue weighted by molar-refractivity contribution is -0.0328. The molecule has 2 N–H and O–H groups in total. The van der Waals surface area contributed by atoms with Crippen LogP contribution in [0.3, 0.4) is 0 Å². The molecule has 20 heavy (non-hydrogen) atoms. The molecule has 0 aliphatic carbocycles. The third-order valence-electron chi connectivity index (χ3n) is 5.07. The smallest absolute Gasteiger partial charge is 0.0833 e. The minimum Gasteiger partial charge on any atom is -0.388 e. The molecule has 1 aromatic rings. The third kappa shape index (κ3) is 2.84. The van der Waals surface area contributed by atoms with Gasteiger partial charge < -0.3 is 15.3 Å². The molecular formula is C17H26N2O. The zero-order valence-electron chi connectivity index (χ0n) is 12.4. The fraction of sp³-hybridized carbons (Fsp3) is 0.647. The highest BCUT2D eigenvalue weighted by molar-refractivity contribution is 5.46. The van der Waals surface area contributed by atoms with Crippen molar-refractivity contribution in [2.45, 2.75) is 44.2 Å². The Kier molecular flexibility index (Phi) is 3.99. The Morgan fingerprint density at radius 1 is 1.20 bits per heavy atom. The first-order valence-corrected chi connectivity index (χ1v) is 7.93. The van der Waals surface area contributed by atoms with Gasteiger partial charge in [0.05, 0.1) is 5.60 Å². The highest BCUT2D eigenvalue weighted by Crippen LogP contribution is 2.33. The number of para-hydroxylation sites is 1. The van der Waals surface area contributed by atoms with Crippen LogP contribution in [0.25, 0.3) is 0 Å². The first-order valence-electron chi connectivity index (χ1n) is 7.93. The van der Waals surface area contributed by atoms with Crippen LogP contribution in [0.4, 0.5) is 5.69 Å². The first-order chi connectivity index (χ1) is 9.67. The van der Waals surface area contributed by atoms with E-state index in [9.17, 15) is 5.11 Å². The van der Waals surface area contributed by atoms with E-state index in [0.717, 1.165) is 44.8 Å². The van der Waals surface area contributed by atoms with Crippen molar-refractivity contribution in [1.29, 1.82) is 0 Å². The molecule has 0 aromatic heterocycles. The summed E-state index contributed by atoms with van der Waals surface area (Å²) in [5, 5.41) is 14.5. The third-order valence-corrected chi connectivity index (χ3v) is 5.07. The van der Waals surface area contributed by atoms with Crippen molar-refractivity contribution in [2.75, 3.05) is 24.5 Å². The van der Waals surface area contributed by atoms with Gasteiger partial charge in [-0.25, -0.2) is 0 Å². The predicted molar refractivity (Wildman–Crippen MR) is 83.0 cm³/mol. The lowest BCUT2D eigenvalue weighted by atomic mass is 9.78. The maximum absolute atomic E-state index is 11.0. The van der Waals surface area contributed by atoms with Crippen LogP contribution in [-0.2, 0) is 0 Å². The molecule has 2 heterocycles. The number of rotatable bonds is 2. The van der Waals surface area contributed by atoms with Crippen molar-refractivity contribution in [3.05, 3.63) is 30.3 Å². The molecule has 2 saturated heterocycles. The second kappa shape index (κ2) is 5.74. The molecular weight excluding hydrogens is 248 g/mol. The van der Waals surface area contributed by atoms with Gasteiger partial charge in [0.2, 0.25) is 0 Å². The molecule has 2 atom stereocenters. The van der Waals surface area contributed by atoms with Crippen LogP contribution in [0.5, 0.6) is 0 Å². The van der Waals surface area contributed by atoms with Gasteiger partial charge in [0.15, 0.2) is 0 Å². The van der Waals surface area contributed by atoms with E-state index in [1.165, 1.54) is 12.1 Å². The van der Waals surface area contributed by atoms with Gasteiger partial charge >= 0.3 is 0 Å².